The molecular formula is C13H17ClN2O2. The number of anilines is 1. The molecule has 0 aromatic heterocycles. The lowest BCUT2D eigenvalue weighted by molar-refractivity contribution is -0.121. The molecule has 1 atom stereocenters. The number of benzene rings is 1. The van der Waals surface area contributed by atoms with E-state index in [4.69, 9.17) is 16.3 Å². The van der Waals surface area contributed by atoms with Crippen LogP contribution in [0.5, 0.6) is 5.75 Å². The van der Waals surface area contributed by atoms with Crippen LogP contribution in [0.3, 0.4) is 0 Å². The van der Waals surface area contributed by atoms with E-state index in [2.05, 4.69) is 5.32 Å². The SMILES string of the molecule is COc1ccc(N(C)C(=O)C2CCNC2)cc1Cl. The third kappa shape index (κ3) is 2.60. The van der Waals surface area contributed by atoms with Crippen LogP contribution in [-0.4, -0.2) is 33.2 Å². The molecule has 1 N–H and O–H groups in total. The molecule has 1 aromatic carbocycles. The van der Waals surface area contributed by atoms with Gasteiger partial charge in [-0.3, -0.25) is 4.79 Å². The summed E-state index contributed by atoms with van der Waals surface area (Å²) < 4.78 is 5.09. The highest BCUT2D eigenvalue weighted by Crippen LogP contribution is 2.29. The van der Waals surface area contributed by atoms with Crippen molar-refractivity contribution in [2.75, 3.05) is 32.1 Å². The van der Waals surface area contributed by atoms with Gasteiger partial charge in [0.1, 0.15) is 5.75 Å². The summed E-state index contributed by atoms with van der Waals surface area (Å²) in [6.45, 7) is 1.67. The van der Waals surface area contributed by atoms with Crippen molar-refractivity contribution >= 4 is 23.2 Å². The molecule has 1 aliphatic rings. The van der Waals surface area contributed by atoms with Crippen LogP contribution in [0.15, 0.2) is 18.2 Å². The molecule has 2 rings (SSSR count). The molecular weight excluding hydrogens is 252 g/mol. The van der Waals surface area contributed by atoms with Crippen molar-refractivity contribution in [1.82, 2.24) is 5.32 Å². The van der Waals surface area contributed by atoms with E-state index in [9.17, 15) is 4.79 Å². The highest BCUT2D eigenvalue weighted by atomic mass is 35.5. The predicted octanol–water partition coefficient (Wildman–Crippen LogP) is 1.92. The van der Waals surface area contributed by atoms with Gasteiger partial charge in [-0.1, -0.05) is 11.6 Å². The fraction of sp³-hybridized carbons (Fsp3) is 0.462. The highest BCUT2D eigenvalue weighted by molar-refractivity contribution is 6.32. The molecule has 1 amide bonds. The second-order valence-corrected chi connectivity index (χ2v) is 4.81. The summed E-state index contributed by atoms with van der Waals surface area (Å²) in [7, 11) is 3.35. The van der Waals surface area contributed by atoms with E-state index in [0.717, 1.165) is 25.2 Å². The Hall–Kier alpha value is -1.26. The summed E-state index contributed by atoms with van der Waals surface area (Å²) >= 11 is 6.06. The lowest BCUT2D eigenvalue weighted by atomic mass is 10.1. The van der Waals surface area contributed by atoms with Crippen LogP contribution in [-0.2, 0) is 4.79 Å². The Bertz CT molecular complexity index is 445. The zero-order valence-electron chi connectivity index (χ0n) is 10.6. The van der Waals surface area contributed by atoms with Gasteiger partial charge in [0.2, 0.25) is 5.91 Å². The second kappa shape index (κ2) is 5.59. The van der Waals surface area contributed by atoms with Gasteiger partial charge in [-0.25, -0.2) is 0 Å². The molecule has 5 heteroatoms. The monoisotopic (exact) mass is 268 g/mol. The average molecular weight is 269 g/mol. The largest absolute Gasteiger partial charge is 0.495 e. The van der Waals surface area contributed by atoms with E-state index in [1.807, 2.05) is 6.07 Å². The molecule has 1 aromatic rings. The van der Waals surface area contributed by atoms with Crippen molar-refractivity contribution in [1.29, 1.82) is 0 Å². The Balaban J connectivity index is 2.15. The summed E-state index contributed by atoms with van der Waals surface area (Å²) in [4.78, 5) is 13.9. The van der Waals surface area contributed by atoms with Crippen molar-refractivity contribution in [3.8, 4) is 5.75 Å². The van der Waals surface area contributed by atoms with Gasteiger partial charge < -0.3 is 15.0 Å². The highest BCUT2D eigenvalue weighted by Gasteiger charge is 2.26. The maximum Gasteiger partial charge on any atom is 0.231 e. The number of ether oxygens (including phenoxy) is 1. The smallest absolute Gasteiger partial charge is 0.231 e. The summed E-state index contributed by atoms with van der Waals surface area (Å²) in [6.07, 6.45) is 0.896. The number of amides is 1. The summed E-state index contributed by atoms with van der Waals surface area (Å²) in [5, 5.41) is 3.71. The van der Waals surface area contributed by atoms with Crippen LogP contribution in [0.1, 0.15) is 6.42 Å². The number of rotatable bonds is 3. The Labute approximate surface area is 112 Å². The molecule has 0 bridgehead atoms. The van der Waals surface area contributed by atoms with Gasteiger partial charge in [0.05, 0.1) is 18.1 Å². The van der Waals surface area contributed by atoms with E-state index in [-0.39, 0.29) is 11.8 Å². The minimum absolute atomic E-state index is 0.0656. The zero-order valence-corrected chi connectivity index (χ0v) is 11.3. The molecule has 1 heterocycles. The Morgan fingerprint density at radius 3 is 2.89 bits per heavy atom. The molecule has 1 fully saturated rings. The Kier molecular flexibility index (Phi) is 4.09. The summed E-state index contributed by atoms with van der Waals surface area (Å²) in [5.41, 5.74) is 0.790. The molecule has 18 heavy (non-hydrogen) atoms. The number of nitrogens with one attached hydrogen (secondary N) is 1. The van der Waals surface area contributed by atoms with Crippen molar-refractivity contribution in [3.05, 3.63) is 23.2 Å². The molecule has 0 saturated carbocycles. The quantitative estimate of drug-likeness (QED) is 0.911. The van der Waals surface area contributed by atoms with Gasteiger partial charge in [0.25, 0.3) is 0 Å². The molecule has 0 radical (unpaired) electrons. The van der Waals surface area contributed by atoms with Gasteiger partial charge in [0.15, 0.2) is 0 Å². The van der Waals surface area contributed by atoms with Crippen LogP contribution in [0.4, 0.5) is 5.69 Å². The second-order valence-electron chi connectivity index (χ2n) is 4.41. The first-order valence-electron chi connectivity index (χ1n) is 5.95. The molecule has 0 aliphatic carbocycles. The molecule has 98 valence electrons. The van der Waals surface area contributed by atoms with E-state index in [1.165, 1.54) is 0 Å². The molecule has 4 nitrogen and oxygen atoms in total. The number of hydrogen-bond acceptors (Lipinski definition) is 3. The summed E-state index contributed by atoms with van der Waals surface area (Å²) in [6, 6.07) is 5.36. The van der Waals surface area contributed by atoms with Crippen LogP contribution in [0, 0.1) is 5.92 Å². The standard InChI is InChI=1S/C13H17ClN2O2/c1-16(13(17)9-5-6-15-8-9)10-3-4-12(18-2)11(14)7-10/h3-4,7,9,15H,5-6,8H2,1-2H3. The number of carbonyl (C=O) groups is 1. The fourth-order valence-corrected chi connectivity index (χ4v) is 2.38. The van der Waals surface area contributed by atoms with Gasteiger partial charge in [-0.2, -0.15) is 0 Å². The van der Waals surface area contributed by atoms with Crippen LogP contribution in [0.2, 0.25) is 5.02 Å². The number of hydrogen-bond donors (Lipinski definition) is 1. The number of carbonyl (C=O) groups excluding carboxylic acids is 1. The van der Waals surface area contributed by atoms with Crippen LogP contribution in [0.25, 0.3) is 0 Å². The van der Waals surface area contributed by atoms with Crippen LogP contribution < -0.4 is 15.0 Å². The van der Waals surface area contributed by atoms with Crippen molar-refractivity contribution in [2.24, 2.45) is 5.92 Å². The van der Waals surface area contributed by atoms with E-state index >= 15 is 0 Å². The lowest BCUT2D eigenvalue weighted by Crippen LogP contribution is -2.33. The van der Waals surface area contributed by atoms with E-state index in [0.29, 0.717) is 10.8 Å². The van der Waals surface area contributed by atoms with E-state index < -0.39 is 0 Å². The fourth-order valence-electron chi connectivity index (χ4n) is 2.13. The number of nitrogens with zero attached hydrogens (tertiary/aromatic N) is 1. The van der Waals surface area contributed by atoms with Crippen LogP contribution >= 0.6 is 11.6 Å². The van der Waals surface area contributed by atoms with Gasteiger partial charge in [0, 0.05) is 19.3 Å². The first-order valence-corrected chi connectivity index (χ1v) is 6.33. The van der Waals surface area contributed by atoms with Gasteiger partial charge in [-0.15, -0.1) is 0 Å². The maximum absolute atomic E-state index is 12.2. The summed E-state index contributed by atoms with van der Waals surface area (Å²) in [5.74, 6) is 0.806. The molecule has 0 spiro atoms. The lowest BCUT2D eigenvalue weighted by Gasteiger charge is -2.21. The van der Waals surface area contributed by atoms with Gasteiger partial charge in [-0.05, 0) is 31.2 Å². The Morgan fingerprint density at radius 2 is 2.33 bits per heavy atom. The van der Waals surface area contributed by atoms with Crippen molar-refractivity contribution < 1.29 is 9.53 Å². The minimum Gasteiger partial charge on any atom is -0.495 e. The van der Waals surface area contributed by atoms with E-state index in [1.54, 1.807) is 31.2 Å². The van der Waals surface area contributed by atoms with Crippen molar-refractivity contribution in [2.45, 2.75) is 6.42 Å². The molecule has 1 aliphatic heterocycles. The molecule has 1 saturated heterocycles. The zero-order chi connectivity index (χ0) is 13.1. The first-order chi connectivity index (χ1) is 8.63. The molecule has 1 unspecified atom stereocenters. The average Bonchev–Trinajstić information content (AvgIpc) is 2.90. The third-order valence-corrected chi connectivity index (χ3v) is 3.56. The third-order valence-electron chi connectivity index (χ3n) is 3.26. The van der Waals surface area contributed by atoms with Crippen molar-refractivity contribution in [3.63, 3.8) is 0 Å². The topological polar surface area (TPSA) is 41.6 Å². The van der Waals surface area contributed by atoms with Gasteiger partial charge >= 0.3 is 0 Å². The normalized spacial score (nSPS) is 18.7. The minimum atomic E-state index is 0.0656. The first kappa shape index (κ1) is 13.2. The Morgan fingerprint density at radius 1 is 1.56 bits per heavy atom. The predicted molar refractivity (Wildman–Crippen MR) is 72.4 cm³/mol. The maximum atomic E-state index is 12.2. The number of halogens is 1. The number of methoxy groups -OCH3 is 1.